The molecular formula is C15H22Cl3NO2. The summed E-state index contributed by atoms with van der Waals surface area (Å²) in [6.45, 7) is 9.04. The molecule has 0 amide bonds. The van der Waals surface area contributed by atoms with E-state index in [-0.39, 0.29) is 6.61 Å². The Morgan fingerprint density at radius 2 is 1.52 bits per heavy atom. The zero-order valence-electron chi connectivity index (χ0n) is 12.7. The van der Waals surface area contributed by atoms with Crippen molar-refractivity contribution in [3.63, 3.8) is 0 Å². The Hall–Kier alpha value is -0.190. The Morgan fingerprint density at radius 3 is 1.95 bits per heavy atom. The molecule has 0 saturated heterocycles. The number of aliphatic hydroxyl groups excluding tert-OH is 1. The molecule has 0 aliphatic carbocycles. The topological polar surface area (TPSA) is 32.7 Å². The van der Waals surface area contributed by atoms with Crippen LogP contribution in [0, 0.1) is 0 Å². The van der Waals surface area contributed by atoms with Crippen LogP contribution in [0.1, 0.15) is 27.7 Å². The molecule has 1 atom stereocenters. The predicted octanol–water partition coefficient (Wildman–Crippen LogP) is 4.51. The van der Waals surface area contributed by atoms with Crippen molar-refractivity contribution in [3.8, 4) is 5.75 Å². The SMILES string of the molecule is CC(C)N(C[C@@H](O)COc1c(Cl)cc(Cl)cc1Cl)C(C)C. The average molecular weight is 355 g/mol. The first-order valence-corrected chi connectivity index (χ1v) is 8.07. The van der Waals surface area contributed by atoms with E-state index >= 15 is 0 Å². The van der Waals surface area contributed by atoms with E-state index in [2.05, 4.69) is 32.6 Å². The fourth-order valence-corrected chi connectivity index (χ4v) is 3.09. The Labute approximate surface area is 141 Å². The fourth-order valence-electron chi connectivity index (χ4n) is 2.16. The van der Waals surface area contributed by atoms with Crippen molar-refractivity contribution in [2.24, 2.45) is 0 Å². The van der Waals surface area contributed by atoms with Gasteiger partial charge in [0.15, 0.2) is 5.75 Å². The number of ether oxygens (including phenoxy) is 1. The second-order valence-electron chi connectivity index (χ2n) is 5.55. The minimum absolute atomic E-state index is 0.122. The molecule has 1 N–H and O–H groups in total. The third-order valence-corrected chi connectivity index (χ3v) is 3.91. The number of benzene rings is 1. The van der Waals surface area contributed by atoms with Gasteiger partial charge in [-0.3, -0.25) is 4.90 Å². The largest absolute Gasteiger partial charge is 0.488 e. The molecule has 0 saturated carbocycles. The zero-order valence-corrected chi connectivity index (χ0v) is 15.0. The average Bonchev–Trinajstić information content (AvgIpc) is 2.33. The lowest BCUT2D eigenvalue weighted by atomic mass is 10.2. The molecule has 1 rings (SSSR count). The van der Waals surface area contributed by atoms with Crippen molar-refractivity contribution < 1.29 is 9.84 Å². The van der Waals surface area contributed by atoms with Crippen LogP contribution in [0.15, 0.2) is 12.1 Å². The van der Waals surface area contributed by atoms with E-state index < -0.39 is 6.10 Å². The van der Waals surface area contributed by atoms with E-state index in [0.29, 0.717) is 39.4 Å². The molecule has 0 spiro atoms. The number of halogens is 3. The molecule has 0 radical (unpaired) electrons. The first-order chi connectivity index (χ1) is 9.72. The highest BCUT2D eigenvalue weighted by Crippen LogP contribution is 2.35. The molecule has 21 heavy (non-hydrogen) atoms. The van der Waals surface area contributed by atoms with Crippen LogP contribution in [0.4, 0.5) is 0 Å². The lowest BCUT2D eigenvalue weighted by Crippen LogP contribution is -2.43. The second-order valence-corrected chi connectivity index (χ2v) is 6.80. The highest BCUT2D eigenvalue weighted by Gasteiger charge is 2.19. The van der Waals surface area contributed by atoms with Gasteiger partial charge in [-0.25, -0.2) is 0 Å². The number of rotatable bonds is 7. The van der Waals surface area contributed by atoms with Gasteiger partial charge in [-0.1, -0.05) is 34.8 Å². The molecule has 1 aromatic rings. The molecule has 0 aromatic heterocycles. The Kier molecular flexibility index (Phi) is 7.58. The molecule has 1 aromatic carbocycles. The van der Waals surface area contributed by atoms with E-state index in [1.54, 1.807) is 12.1 Å². The third-order valence-electron chi connectivity index (χ3n) is 3.13. The van der Waals surface area contributed by atoms with Crippen LogP contribution >= 0.6 is 34.8 Å². The molecule has 0 fully saturated rings. The van der Waals surface area contributed by atoms with Gasteiger partial charge in [0.1, 0.15) is 12.7 Å². The van der Waals surface area contributed by atoms with E-state index in [1.807, 2.05) is 0 Å². The monoisotopic (exact) mass is 353 g/mol. The summed E-state index contributed by atoms with van der Waals surface area (Å²) < 4.78 is 5.55. The van der Waals surface area contributed by atoms with Crippen LogP contribution in [0.25, 0.3) is 0 Å². The normalized spacial score (nSPS) is 13.3. The van der Waals surface area contributed by atoms with Crippen LogP contribution in [-0.4, -0.2) is 41.3 Å². The summed E-state index contributed by atoms with van der Waals surface area (Å²) in [5.41, 5.74) is 0. The Bertz CT molecular complexity index is 435. The summed E-state index contributed by atoms with van der Waals surface area (Å²) in [7, 11) is 0. The quantitative estimate of drug-likeness (QED) is 0.782. The van der Waals surface area contributed by atoms with Crippen molar-refractivity contribution in [2.45, 2.75) is 45.9 Å². The molecule has 0 heterocycles. The highest BCUT2D eigenvalue weighted by atomic mass is 35.5. The lowest BCUT2D eigenvalue weighted by Gasteiger charge is -2.32. The smallest absolute Gasteiger partial charge is 0.156 e. The predicted molar refractivity (Wildman–Crippen MR) is 90.0 cm³/mol. The number of aliphatic hydroxyl groups is 1. The van der Waals surface area contributed by atoms with Crippen molar-refractivity contribution >= 4 is 34.8 Å². The first-order valence-electron chi connectivity index (χ1n) is 6.93. The molecule has 0 aliphatic heterocycles. The number of hydrogen-bond donors (Lipinski definition) is 1. The van der Waals surface area contributed by atoms with Gasteiger partial charge in [-0.2, -0.15) is 0 Å². The minimum atomic E-state index is -0.627. The van der Waals surface area contributed by atoms with E-state index in [0.717, 1.165) is 0 Å². The van der Waals surface area contributed by atoms with Crippen molar-refractivity contribution in [1.82, 2.24) is 4.90 Å². The van der Waals surface area contributed by atoms with Gasteiger partial charge in [0.25, 0.3) is 0 Å². The summed E-state index contributed by atoms with van der Waals surface area (Å²) in [6, 6.07) is 3.82. The van der Waals surface area contributed by atoms with Crippen LogP contribution < -0.4 is 4.74 Å². The standard InChI is InChI=1S/C15H22Cl3NO2/c1-9(2)19(10(3)4)7-12(20)8-21-15-13(17)5-11(16)6-14(15)18/h5-6,9-10,12,20H,7-8H2,1-4H3/t12-/m1/s1. The summed E-state index contributed by atoms with van der Waals surface area (Å²) >= 11 is 17.9. The second kappa shape index (κ2) is 8.44. The molecule has 6 heteroatoms. The van der Waals surface area contributed by atoms with E-state index in [4.69, 9.17) is 39.5 Å². The molecule has 0 bridgehead atoms. The van der Waals surface area contributed by atoms with Gasteiger partial charge >= 0.3 is 0 Å². The van der Waals surface area contributed by atoms with E-state index in [1.165, 1.54) is 0 Å². The fraction of sp³-hybridized carbons (Fsp3) is 0.600. The molecule has 0 aliphatic rings. The minimum Gasteiger partial charge on any atom is -0.488 e. The van der Waals surface area contributed by atoms with Crippen LogP contribution in [0.5, 0.6) is 5.75 Å². The highest BCUT2D eigenvalue weighted by molar-refractivity contribution is 6.40. The maximum Gasteiger partial charge on any atom is 0.156 e. The maximum absolute atomic E-state index is 10.1. The van der Waals surface area contributed by atoms with E-state index in [9.17, 15) is 5.11 Å². The molecule has 3 nitrogen and oxygen atoms in total. The van der Waals surface area contributed by atoms with Crippen molar-refractivity contribution in [1.29, 1.82) is 0 Å². The summed E-state index contributed by atoms with van der Waals surface area (Å²) in [6.07, 6.45) is -0.627. The van der Waals surface area contributed by atoms with Gasteiger partial charge < -0.3 is 9.84 Å². The van der Waals surface area contributed by atoms with Crippen molar-refractivity contribution in [3.05, 3.63) is 27.2 Å². The molecule has 0 unspecified atom stereocenters. The zero-order chi connectivity index (χ0) is 16.2. The first kappa shape index (κ1) is 18.9. The summed E-state index contributed by atoms with van der Waals surface area (Å²) in [5, 5.41) is 11.3. The Balaban J connectivity index is 2.63. The van der Waals surface area contributed by atoms with Crippen LogP contribution in [-0.2, 0) is 0 Å². The Morgan fingerprint density at radius 1 is 1.05 bits per heavy atom. The lowest BCUT2D eigenvalue weighted by molar-refractivity contribution is 0.0446. The van der Waals surface area contributed by atoms with Gasteiger partial charge in [0.2, 0.25) is 0 Å². The maximum atomic E-state index is 10.1. The molecular weight excluding hydrogens is 333 g/mol. The van der Waals surface area contributed by atoms with Gasteiger partial charge in [0, 0.05) is 23.7 Å². The summed E-state index contributed by atoms with van der Waals surface area (Å²) in [5.74, 6) is 0.349. The number of nitrogens with zero attached hydrogens (tertiary/aromatic N) is 1. The third kappa shape index (κ3) is 5.84. The molecule has 120 valence electrons. The van der Waals surface area contributed by atoms with Gasteiger partial charge in [-0.15, -0.1) is 0 Å². The van der Waals surface area contributed by atoms with Gasteiger partial charge in [-0.05, 0) is 39.8 Å². The number of hydrogen-bond acceptors (Lipinski definition) is 3. The van der Waals surface area contributed by atoms with Crippen LogP contribution in [0.3, 0.4) is 0 Å². The summed E-state index contributed by atoms with van der Waals surface area (Å²) in [4.78, 5) is 2.19. The van der Waals surface area contributed by atoms with Gasteiger partial charge in [0.05, 0.1) is 10.0 Å². The van der Waals surface area contributed by atoms with Crippen LogP contribution in [0.2, 0.25) is 15.1 Å². The van der Waals surface area contributed by atoms with Crippen molar-refractivity contribution in [2.75, 3.05) is 13.2 Å².